The molecule has 0 spiro atoms. The molecule has 1 aromatic carbocycles. The molecule has 2 N–H and O–H groups in total. The van der Waals surface area contributed by atoms with E-state index in [0.29, 0.717) is 22.2 Å². The van der Waals surface area contributed by atoms with Crippen molar-refractivity contribution in [2.75, 3.05) is 0 Å². The number of hydrogen-bond donors (Lipinski definition) is 2. The number of H-pyrrole nitrogens is 1. The van der Waals surface area contributed by atoms with Crippen LogP contribution >= 0.6 is 0 Å². The summed E-state index contributed by atoms with van der Waals surface area (Å²) in [5.41, 5.74) is 5.03. The van der Waals surface area contributed by atoms with Gasteiger partial charge in [0.15, 0.2) is 0 Å². The normalized spacial score (nSPS) is 11.7. The van der Waals surface area contributed by atoms with E-state index in [1.807, 2.05) is 6.07 Å². The van der Waals surface area contributed by atoms with Gasteiger partial charge in [-0.3, -0.25) is 20.4 Å². The van der Waals surface area contributed by atoms with Gasteiger partial charge in [0.2, 0.25) is 0 Å². The average molecular weight is 344 g/mol. The van der Waals surface area contributed by atoms with Crippen molar-refractivity contribution in [2.45, 2.75) is 0 Å². The van der Waals surface area contributed by atoms with Gasteiger partial charge in [0.25, 0.3) is 0 Å². The smallest absolute Gasteiger partial charge is 0.131 e. The number of nitrogens with one attached hydrogen (secondary N) is 2. The molecule has 6 nitrogen and oxygen atoms in total. The Morgan fingerprint density at radius 3 is 2.46 bits per heavy atom. The molecule has 0 amide bonds. The number of halogens is 1. The third kappa shape index (κ3) is 2.86. The van der Waals surface area contributed by atoms with Crippen LogP contribution in [0.25, 0.3) is 33.4 Å². The van der Waals surface area contributed by atoms with Crippen LogP contribution < -0.4 is 5.49 Å². The Labute approximate surface area is 147 Å². The molecule has 0 atom stereocenters. The van der Waals surface area contributed by atoms with E-state index in [4.69, 9.17) is 5.41 Å². The van der Waals surface area contributed by atoms with Gasteiger partial charge in [-0.25, -0.2) is 9.38 Å². The Morgan fingerprint density at radius 1 is 0.962 bits per heavy atom. The highest BCUT2D eigenvalue weighted by Gasteiger charge is 2.15. The van der Waals surface area contributed by atoms with Gasteiger partial charge in [0, 0.05) is 35.3 Å². The third-order valence-corrected chi connectivity index (χ3v) is 3.92. The number of rotatable bonds is 3. The van der Waals surface area contributed by atoms with E-state index in [1.165, 1.54) is 12.1 Å². The minimum Gasteiger partial charge on any atom is -0.346 e. The molecule has 4 rings (SSSR count). The summed E-state index contributed by atoms with van der Waals surface area (Å²) in [4.78, 5) is 20.3. The summed E-state index contributed by atoms with van der Waals surface area (Å²) in [6.07, 6.45) is 7.65. The maximum atomic E-state index is 13.3. The highest BCUT2D eigenvalue weighted by atomic mass is 19.1. The number of aromatic nitrogens is 4. The number of aromatic amines is 1. The first-order chi connectivity index (χ1) is 12.8. The standard InChI is InChI=1S/C19H13FN6/c20-14-4-1-12(2-5-14)18-17(13-3-6-16(24-9-13)26-11-21)19-15(10-25-18)22-7-8-23-19/h1-11H,(H2,21,24,26). The van der Waals surface area contributed by atoms with Crippen LogP contribution in [0.4, 0.5) is 4.39 Å². The van der Waals surface area contributed by atoms with Gasteiger partial charge in [-0.1, -0.05) is 0 Å². The minimum absolute atomic E-state index is 0.304. The minimum atomic E-state index is -0.304. The summed E-state index contributed by atoms with van der Waals surface area (Å²) in [7, 11) is 0. The largest absolute Gasteiger partial charge is 0.346 e. The number of hydrogen-bond acceptors (Lipinski definition) is 4. The van der Waals surface area contributed by atoms with E-state index < -0.39 is 0 Å². The van der Waals surface area contributed by atoms with Crippen LogP contribution in [0.3, 0.4) is 0 Å². The first-order valence-corrected chi connectivity index (χ1v) is 7.84. The summed E-state index contributed by atoms with van der Waals surface area (Å²) in [5.74, 6) is -0.304. The molecule has 0 aliphatic heterocycles. The topological polar surface area (TPSA) is 90.7 Å². The first-order valence-electron chi connectivity index (χ1n) is 7.84. The predicted molar refractivity (Wildman–Crippen MR) is 96.9 cm³/mol. The SMILES string of the molecule is N=C/N=c1/ccc(-c2c(-c3ccc(F)cc3)ncc3nccnc23)c[nH]1. The van der Waals surface area contributed by atoms with Crippen LogP contribution in [0, 0.1) is 11.2 Å². The average Bonchev–Trinajstić information content (AvgIpc) is 2.69. The van der Waals surface area contributed by atoms with Crippen molar-refractivity contribution in [1.82, 2.24) is 19.9 Å². The van der Waals surface area contributed by atoms with Crippen molar-refractivity contribution < 1.29 is 4.39 Å². The molecule has 26 heavy (non-hydrogen) atoms. The second-order valence-corrected chi connectivity index (χ2v) is 5.50. The van der Waals surface area contributed by atoms with Crippen molar-refractivity contribution in [3.8, 4) is 22.4 Å². The van der Waals surface area contributed by atoms with E-state index >= 15 is 0 Å². The molecule has 0 bridgehead atoms. The molecular formula is C19H13FN6. The van der Waals surface area contributed by atoms with Gasteiger partial charge < -0.3 is 4.98 Å². The zero-order valence-electron chi connectivity index (χ0n) is 13.5. The monoisotopic (exact) mass is 344 g/mol. The van der Waals surface area contributed by atoms with Crippen molar-refractivity contribution in [3.05, 3.63) is 72.5 Å². The number of nitrogens with zero attached hydrogens (tertiary/aromatic N) is 4. The van der Waals surface area contributed by atoms with E-state index in [-0.39, 0.29) is 5.82 Å². The van der Waals surface area contributed by atoms with Crippen LogP contribution in [0.5, 0.6) is 0 Å². The lowest BCUT2D eigenvalue weighted by atomic mass is 9.99. The summed E-state index contributed by atoms with van der Waals surface area (Å²) >= 11 is 0. The van der Waals surface area contributed by atoms with Gasteiger partial charge in [0.1, 0.15) is 28.7 Å². The first kappa shape index (κ1) is 15.8. The number of fused-ring (bicyclic) bond motifs is 1. The molecule has 0 fully saturated rings. The lowest BCUT2D eigenvalue weighted by Crippen LogP contribution is -2.06. The van der Waals surface area contributed by atoms with Crippen LogP contribution in [-0.4, -0.2) is 26.3 Å². The Hall–Kier alpha value is -3.74. The zero-order chi connectivity index (χ0) is 17.9. The molecule has 7 heteroatoms. The molecule has 4 aromatic rings. The maximum absolute atomic E-state index is 13.3. The number of pyridine rings is 2. The van der Waals surface area contributed by atoms with Crippen LogP contribution in [0.2, 0.25) is 0 Å². The van der Waals surface area contributed by atoms with Crippen LogP contribution in [0.1, 0.15) is 0 Å². The fourth-order valence-corrected chi connectivity index (χ4v) is 2.76. The molecule has 0 saturated carbocycles. The van der Waals surface area contributed by atoms with Crippen molar-refractivity contribution >= 4 is 17.4 Å². The fourth-order valence-electron chi connectivity index (χ4n) is 2.76. The molecule has 0 unspecified atom stereocenters. The molecule has 0 aliphatic rings. The van der Waals surface area contributed by atoms with E-state index in [0.717, 1.165) is 23.0 Å². The Balaban J connectivity index is 2.01. The van der Waals surface area contributed by atoms with Crippen molar-refractivity contribution in [1.29, 1.82) is 5.41 Å². The summed E-state index contributed by atoms with van der Waals surface area (Å²) < 4.78 is 13.3. The lowest BCUT2D eigenvalue weighted by molar-refractivity contribution is 0.628. The summed E-state index contributed by atoms with van der Waals surface area (Å²) in [6.45, 7) is 0. The Morgan fingerprint density at radius 2 is 1.73 bits per heavy atom. The van der Waals surface area contributed by atoms with Crippen molar-refractivity contribution in [2.24, 2.45) is 4.99 Å². The third-order valence-electron chi connectivity index (χ3n) is 3.92. The van der Waals surface area contributed by atoms with Gasteiger partial charge in [-0.05, 0) is 36.4 Å². The van der Waals surface area contributed by atoms with Gasteiger partial charge in [-0.2, -0.15) is 0 Å². The Bertz CT molecular complexity index is 1140. The molecule has 126 valence electrons. The van der Waals surface area contributed by atoms with Gasteiger partial charge >= 0.3 is 0 Å². The van der Waals surface area contributed by atoms with E-state index in [1.54, 1.807) is 43.0 Å². The van der Waals surface area contributed by atoms with Gasteiger partial charge in [0.05, 0.1) is 11.9 Å². The fraction of sp³-hybridized carbons (Fsp3) is 0. The molecule has 0 radical (unpaired) electrons. The Kier molecular flexibility index (Phi) is 4.03. The van der Waals surface area contributed by atoms with Gasteiger partial charge in [-0.15, -0.1) is 0 Å². The van der Waals surface area contributed by atoms with E-state index in [9.17, 15) is 4.39 Å². The zero-order valence-corrected chi connectivity index (χ0v) is 13.5. The van der Waals surface area contributed by atoms with Crippen LogP contribution in [-0.2, 0) is 0 Å². The molecule has 0 saturated heterocycles. The lowest BCUT2D eigenvalue weighted by Gasteiger charge is -2.11. The highest BCUT2D eigenvalue weighted by Crippen LogP contribution is 2.34. The summed E-state index contributed by atoms with van der Waals surface area (Å²) in [6, 6.07) is 9.82. The van der Waals surface area contributed by atoms with Crippen molar-refractivity contribution in [3.63, 3.8) is 0 Å². The molecule has 3 heterocycles. The summed E-state index contributed by atoms with van der Waals surface area (Å²) in [5, 5.41) is 7.06. The second-order valence-electron chi connectivity index (χ2n) is 5.50. The molecule has 0 aliphatic carbocycles. The van der Waals surface area contributed by atoms with Crippen LogP contribution in [0.15, 0.2) is 66.2 Å². The molecule has 3 aromatic heterocycles. The predicted octanol–water partition coefficient (Wildman–Crippen LogP) is 3.33. The quantitative estimate of drug-likeness (QED) is 0.441. The maximum Gasteiger partial charge on any atom is 0.131 e. The molecular weight excluding hydrogens is 331 g/mol. The number of benzene rings is 1. The second kappa shape index (κ2) is 6.64. The highest BCUT2D eigenvalue weighted by molar-refractivity contribution is 5.98. The van der Waals surface area contributed by atoms with E-state index in [2.05, 4.69) is 24.9 Å².